The molecule has 0 unspecified atom stereocenters. The Hall–Kier alpha value is -0.950. The summed E-state index contributed by atoms with van der Waals surface area (Å²) >= 11 is 3.55. The van der Waals surface area contributed by atoms with E-state index in [1.165, 1.54) is 5.56 Å². The van der Waals surface area contributed by atoms with Gasteiger partial charge in [0.1, 0.15) is 0 Å². The number of benzene rings is 1. The van der Waals surface area contributed by atoms with E-state index in [4.69, 9.17) is 10.3 Å². The van der Waals surface area contributed by atoms with Crippen molar-refractivity contribution in [3.05, 3.63) is 46.0 Å². The maximum atomic E-state index is 5.94. The lowest BCUT2D eigenvalue weighted by atomic mass is 10.1. The van der Waals surface area contributed by atoms with Crippen molar-refractivity contribution in [2.75, 3.05) is 7.05 Å². The van der Waals surface area contributed by atoms with E-state index in [-0.39, 0.29) is 12.4 Å². The number of nitrogens with zero attached hydrogens (tertiary/aromatic N) is 3. The average Bonchev–Trinajstić information content (AvgIpc) is 2.80. The Kier molecular flexibility index (Phi) is 6.34. The Morgan fingerprint density at radius 1 is 1.29 bits per heavy atom. The lowest BCUT2D eigenvalue weighted by Crippen LogP contribution is -2.30. The number of aromatic nitrogens is 2. The molecule has 0 aliphatic rings. The maximum absolute atomic E-state index is 5.94. The summed E-state index contributed by atoms with van der Waals surface area (Å²) in [5.41, 5.74) is 6.58. The fourth-order valence-electron chi connectivity index (χ4n) is 1.79. The molecule has 5 nitrogen and oxygen atoms in total. The molecule has 0 bridgehead atoms. The van der Waals surface area contributed by atoms with Crippen LogP contribution in [0.2, 0.25) is 0 Å². The molecule has 116 valence electrons. The Bertz CT molecular complexity index is 582. The monoisotopic (exact) mass is 374 g/mol. The number of rotatable bonds is 5. The van der Waals surface area contributed by atoms with Gasteiger partial charge in [-0.25, -0.2) is 0 Å². The SMILES string of the molecule is CN(Cc1nc(C(C)(C)N)no1)Cc1ccccc1Br.Cl. The van der Waals surface area contributed by atoms with Crippen molar-refractivity contribution in [3.63, 3.8) is 0 Å². The first kappa shape index (κ1) is 18.1. The smallest absolute Gasteiger partial charge is 0.240 e. The molecule has 0 spiro atoms. The zero-order valence-corrected chi connectivity index (χ0v) is 14.7. The van der Waals surface area contributed by atoms with Gasteiger partial charge in [-0.3, -0.25) is 4.90 Å². The maximum Gasteiger partial charge on any atom is 0.240 e. The highest BCUT2D eigenvalue weighted by Crippen LogP contribution is 2.18. The van der Waals surface area contributed by atoms with Gasteiger partial charge in [-0.05, 0) is 32.5 Å². The van der Waals surface area contributed by atoms with Gasteiger partial charge in [0.2, 0.25) is 5.89 Å². The van der Waals surface area contributed by atoms with Crippen LogP contribution in [0.4, 0.5) is 0 Å². The molecule has 21 heavy (non-hydrogen) atoms. The highest BCUT2D eigenvalue weighted by atomic mass is 79.9. The summed E-state index contributed by atoms with van der Waals surface area (Å²) in [4.78, 5) is 6.44. The van der Waals surface area contributed by atoms with Gasteiger partial charge < -0.3 is 10.3 Å². The third kappa shape index (κ3) is 5.07. The van der Waals surface area contributed by atoms with Crippen molar-refractivity contribution < 1.29 is 4.52 Å². The van der Waals surface area contributed by atoms with Crippen molar-refractivity contribution in [2.24, 2.45) is 5.73 Å². The second kappa shape index (κ2) is 7.35. The zero-order valence-electron chi connectivity index (χ0n) is 12.3. The van der Waals surface area contributed by atoms with Crippen molar-refractivity contribution in [1.82, 2.24) is 15.0 Å². The minimum absolute atomic E-state index is 0. The number of hydrogen-bond donors (Lipinski definition) is 1. The Labute approximate surface area is 139 Å². The largest absolute Gasteiger partial charge is 0.338 e. The summed E-state index contributed by atoms with van der Waals surface area (Å²) in [5, 5.41) is 3.92. The molecular formula is C14H20BrClN4O. The van der Waals surface area contributed by atoms with E-state index in [9.17, 15) is 0 Å². The highest BCUT2D eigenvalue weighted by molar-refractivity contribution is 9.10. The van der Waals surface area contributed by atoms with Crippen molar-refractivity contribution >= 4 is 28.3 Å². The molecule has 0 aliphatic carbocycles. The number of nitrogens with two attached hydrogens (primary N) is 1. The van der Waals surface area contributed by atoms with Crippen LogP contribution in [-0.4, -0.2) is 22.1 Å². The van der Waals surface area contributed by atoms with Gasteiger partial charge in [-0.15, -0.1) is 12.4 Å². The average molecular weight is 376 g/mol. The molecule has 0 fully saturated rings. The van der Waals surface area contributed by atoms with Gasteiger partial charge in [0.25, 0.3) is 0 Å². The minimum atomic E-state index is -0.581. The van der Waals surface area contributed by atoms with Crippen LogP contribution in [0, 0.1) is 0 Å². The van der Waals surface area contributed by atoms with E-state index in [0.29, 0.717) is 18.3 Å². The molecule has 1 heterocycles. The van der Waals surface area contributed by atoms with Crippen molar-refractivity contribution in [1.29, 1.82) is 0 Å². The number of hydrogen-bond acceptors (Lipinski definition) is 5. The van der Waals surface area contributed by atoms with Gasteiger partial charge in [0.05, 0.1) is 12.1 Å². The predicted octanol–water partition coefficient (Wildman–Crippen LogP) is 3.08. The van der Waals surface area contributed by atoms with Gasteiger partial charge >= 0.3 is 0 Å². The van der Waals surface area contributed by atoms with E-state index in [1.54, 1.807) is 0 Å². The van der Waals surface area contributed by atoms with Crippen molar-refractivity contribution in [3.8, 4) is 0 Å². The molecule has 0 aliphatic heterocycles. The van der Waals surface area contributed by atoms with E-state index in [1.807, 2.05) is 39.1 Å². The molecule has 0 radical (unpaired) electrons. The zero-order chi connectivity index (χ0) is 14.8. The summed E-state index contributed by atoms with van der Waals surface area (Å²) in [7, 11) is 2.01. The lowest BCUT2D eigenvalue weighted by Gasteiger charge is -2.15. The van der Waals surface area contributed by atoms with E-state index in [0.717, 1.165) is 11.0 Å². The quantitative estimate of drug-likeness (QED) is 0.870. The highest BCUT2D eigenvalue weighted by Gasteiger charge is 2.21. The number of halogens is 2. The third-order valence-corrected chi connectivity index (χ3v) is 3.62. The van der Waals surface area contributed by atoms with Crippen LogP contribution < -0.4 is 5.73 Å². The topological polar surface area (TPSA) is 68.2 Å². The lowest BCUT2D eigenvalue weighted by molar-refractivity contribution is 0.259. The molecule has 2 N–H and O–H groups in total. The van der Waals surface area contributed by atoms with Gasteiger partial charge in [-0.2, -0.15) is 4.98 Å². The molecular weight excluding hydrogens is 356 g/mol. The Balaban J connectivity index is 0.00000220. The second-order valence-electron chi connectivity index (χ2n) is 5.50. The van der Waals surface area contributed by atoms with E-state index >= 15 is 0 Å². The second-order valence-corrected chi connectivity index (χ2v) is 6.35. The van der Waals surface area contributed by atoms with Crippen LogP contribution >= 0.6 is 28.3 Å². The molecule has 0 saturated heterocycles. The fraction of sp³-hybridized carbons (Fsp3) is 0.429. The third-order valence-electron chi connectivity index (χ3n) is 2.85. The summed E-state index contributed by atoms with van der Waals surface area (Å²) in [6.07, 6.45) is 0. The summed E-state index contributed by atoms with van der Waals surface area (Å²) in [6, 6.07) is 8.14. The van der Waals surface area contributed by atoms with Gasteiger partial charge in [0, 0.05) is 11.0 Å². The standard InChI is InChI=1S/C14H19BrN4O.ClH/c1-14(2,16)13-17-12(20-18-13)9-19(3)8-10-6-4-5-7-11(10)15;/h4-7H,8-9,16H2,1-3H3;1H. The first-order valence-electron chi connectivity index (χ1n) is 6.40. The van der Waals surface area contributed by atoms with Gasteiger partial charge in [0.15, 0.2) is 5.82 Å². The predicted molar refractivity (Wildman–Crippen MR) is 88.1 cm³/mol. The van der Waals surface area contributed by atoms with Crippen LogP contribution in [0.25, 0.3) is 0 Å². The molecule has 0 atom stereocenters. The molecule has 2 rings (SSSR count). The minimum Gasteiger partial charge on any atom is -0.338 e. The molecule has 1 aromatic heterocycles. The van der Waals surface area contributed by atoms with Crippen LogP contribution in [0.3, 0.4) is 0 Å². The Morgan fingerprint density at radius 3 is 2.52 bits per heavy atom. The van der Waals surface area contributed by atoms with Gasteiger partial charge in [-0.1, -0.05) is 39.3 Å². The van der Waals surface area contributed by atoms with Crippen LogP contribution in [0.1, 0.15) is 31.1 Å². The molecule has 7 heteroatoms. The van der Waals surface area contributed by atoms with Crippen molar-refractivity contribution in [2.45, 2.75) is 32.5 Å². The van der Waals surface area contributed by atoms with Crippen LogP contribution in [-0.2, 0) is 18.6 Å². The molecule has 0 saturated carbocycles. The molecule has 0 amide bonds. The molecule has 1 aromatic carbocycles. The first-order chi connectivity index (χ1) is 9.36. The molecule has 2 aromatic rings. The van der Waals surface area contributed by atoms with E-state index < -0.39 is 5.54 Å². The summed E-state index contributed by atoms with van der Waals surface area (Å²) < 4.78 is 6.33. The van der Waals surface area contributed by atoms with Crippen LogP contribution in [0.5, 0.6) is 0 Å². The van der Waals surface area contributed by atoms with E-state index in [2.05, 4.69) is 37.0 Å². The first-order valence-corrected chi connectivity index (χ1v) is 7.19. The Morgan fingerprint density at radius 2 is 1.95 bits per heavy atom. The summed E-state index contributed by atoms with van der Waals surface area (Å²) in [6.45, 7) is 5.09. The summed E-state index contributed by atoms with van der Waals surface area (Å²) in [5.74, 6) is 1.11. The van der Waals surface area contributed by atoms with Crippen LogP contribution in [0.15, 0.2) is 33.3 Å². The normalized spacial score (nSPS) is 11.5. The fourth-order valence-corrected chi connectivity index (χ4v) is 2.20.